The summed E-state index contributed by atoms with van der Waals surface area (Å²) in [7, 11) is 1.93. The number of aryl methyl sites for hydroxylation is 2. The maximum Gasteiger partial charge on any atom is 0.271 e. The molecule has 2 rings (SSSR count). The van der Waals surface area contributed by atoms with Gasteiger partial charge in [0.05, 0.1) is 6.21 Å². The average Bonchev–Trinajstić information content (AvgIpc) is 2.76. The summed E-state index contributed by atoms with van der Waals surface area (Å²) in [6.07, 6.45) is 5.46. The van der Waals surface area contributed by atoms with Crippen molar-refractivity contribution < 1.29 is 4.79 Å². The molecule has 0 atom stereocenters. The summed E-state index contributed by atoms with van der Waals surface area (Å²) in [5.74, 6) is -0.206. The molecule has 0 fully saturated rings. The minimum atomic E-state index is -0.206. The maximum atomic E-state index is 11.7. The SMILES string of the molecule is Cc1ccc(C(=O)N/N=C\c2ccn(C)c2)cc1. The lowest BCUT2D eigenvalue weighted by atomic mass is 10.1. The van der Waals surface area contributed by atoms with Crippen LogP contribution in [0.5, 0.6) is 0 Å². The molecule has 2 aromatic rings. The largest absolute Gasteiger partial charge is 0.357 e. The highest BCUT2D eigenvalue weighted by atomic mass is 16.2. The lowest BCUT2D eigenvalue weighted by Crippen LogP contribution is -2.17. The van der Waals surface area contributed by atoms with Crippen LogP contribution >= 0.6 is 0 Å². The number of hydrogen-bond acceptors (Lipinski definition) is 2. The van der Waals surface area contributed by atoms with Gasteiger partial charge in [-0.05, 0) is 25.1 Å². The van der Waals surface area contributed by atoms with Crippen molar-refractivity contribution in [1.82, 2.24) is 9.99 Å². The Kier molecular flexibility index (Phi) is 3.57. The summed E-state index contributed by atoms with van der Waals surface area (Å²) in [5.41, 5.74) is 5.17. The Bertz CT molecular complexity index is 567. The Balaban J connectivity index is 1.96. The second-order valence-corrected chi connectivity index (χ2v) is 4.18. The first-order valence-corrected chi connectivity index (χ1v) is 5.67. The highest BCUT2D eigenvalue weighted by molar-refractivity contribution is 5.94. The Labute approximate surface area is 106 Å². The van der Waals surface area contributed by atoms with Gasteiger partial charge in [0.25, 0.3) is 5.91 Å². The van der Waals surface area contributed by atoms with Crippen molar-refractivity contribution in [3.63, 3.8) is 0 Å². The number of nitrogens with zero attached hydrogens (tertiary/aromatic N) is 2. The average molecular weight is 241 g/mol. The number of nitrogens with one attached hydrogen (secondary N) is 1. The number of hydrazone groups is 1. The standard InChI is InChI=1S/C14H15N3O/c1-11-3-5-13(6-4-11)14(18)16-15-9-12-7-8-17(2)10-12/h3-10H,1-2H3,(H,16,18)/b15-9-. The summed E-state index contributed by atoms with van der Waals surface area (Å²) < 4.78 is 1.92. The molecule has 4 heteroatoms. The summed E-state index contributed by atoms with van der Waals surface area (Å²) in [4.78, 5) is 11.7. The van der Waals surface area contributed by atoms with E-state index in [1.807, 2.05) is 49.1 Å². The molecule has 0 saturated carbocycles. The Morgan fingerprint density at radius 2 is 2.00 bits per heavy atom. The molecule has 0 radical (unpaired) electrons. The topological polar surface area (TPSA) is 46.4 Å². The van der Waals surface area contributed by atoms with Gasteiger partial charge < -0.3 is 4.57 Å². The van der Waals surface area contributed by atoms with E-state index in [2.05, 4.69) is 10.5 Å². The molecule has 0 aliphatic heterocycles. The normalized spacial score (nSPS) is 10.8. The number of carbonyl (C=O) groups is 1. The monoisotopic (exact) mass is 241 g/mol. The number of hydrogen-bond donors (Lipinski definition) is 1. The van der Waals surface area contributed by atoms with Gasteiger partial charge >= 0.3 is 0 Å². The van der Waals surface area contributed by atoms with Gasteiger partial charge in [-0.3, -0.25) is 4.79 Å². The maximum absolute atomic E-state index is 11.7. The first-order chi connectivity index (χ1) is 8.65. The molecular formula is C14H15N3O. The van der Waals surface area contributed by atoms with Crippen molar-refractivity contribution in [3.05, 3.63) is 59.4 Å². The Hall–Kier alpha value is -2.36. The smallest absolute Gasteiger partial charge is 0.271 e. The zero-order valence-corrected chi connectivity index (χ0v) is 10.4. The molecule has 18 heavy (non-hydrogen) atoms. The number of amides is 1. The molecule has 1 amide bonds. The van der Waals surface area contributed by atoms with Gasteiger partial charge in [0.15, 0.2) is 0 Å². The molecule has 0 spiro atoms. The number of benzene rings is 1. The molecule has 0 aliphatic rings. The van der Waals surface area contributed by atoms with Gasteiger partial charge in [-0.1, -0.05) is 17.7 Å². The molecular weight excluding hydrogens is 226 g/mol. The van der Waals surface area contributed by atoms with Crippen molar-refractivity contribution in [2.45, 2.75) is 6.92 Å². The molecule has 1 aromatic heterocycles. The fourth-order valence-electron chi connectivity index (χ4n) is 1.54. The molecule has 0 bridgehead atoms. The molecule has 92 valence electrons. The predicted octanol–water partition coefficient (Wildman–Crippen LogP) is 2.10. The van der Waals surface area contributed by atoms with E-state index in [4.69, 9.17) is 0 Å². The lowest BCUT2D eigenvalue weighted by Gasteiger charge is -1.99. The van der Waals surface area contributed by atoms with E-state index in [1.165, 1.54) is 0 Å². The second-order valence-electron chi connectivity index (χ2n) is 4.18. The van der Waals surface area contributed by atoms with Crippen LogP contribution in [0.1, 0.15) is 21.5 Å². The third-order valence-electron chi connectivity index (χ3n) is 2.55. The Morgan fingerprint density at radius 1 is 1.28 bits per heavy atom. The Morgan fingerprint density at radius 3 is 2.61 bits per heavy atom. The van der Waals surface area contributed by atoms with E-state index in [-0.39, 0.29) is 5.91 Å². The van der Waals surface area contributed by atoms with Gasteiger partial charge in [0.1, 0.15) is 0 Å². The van der Waals surface area contributed by atoms with Gasteiger partial charge in [-0.25, -0.2) is 5.43 Å². The molecule has 0 aliphatic carbocycles. The zero-order chi connectivity index (χ0) is 13.0. The third kappa shape index (κ3) is 3.07. The fraction of sp³-hybridized carbons (Fsp3) is 0.143. The van der Waals surface area contributed by atoms with E-state index < -0.39 is 0 Å². The summed E-state index contributed by atoms with van der Waals surface area (Å²) in [6, 6.07) is 9.28. The van der Waals surface area contributed by atoms with Crippen LogP contribution in [0.2, 0.25) is 0 Å². The van der Waals surface area contributed by atoms with Crippen LogP contribution in [0.15, 0.2) is 47.8 Å². The summed E-state index contributed by atoms with van der Waals surface area (Å²) in [6.45, 7) is 1.98. The highest BCUT2D eigenvalue weighted by Crippen LogP contribution is 2.02. The first-order valence-electron chi connectivity index (χ1n) is 5.67. The van der Waals surface area contributed by atoms with Gasteiger partial charge in [-0.15, -0.1) is 0 Å². The molecule has 1 heterocycles. The van der Waals surface area contributed by atoms with Gasteiger partial charge in [-0.2, -0.15) is 5.10 Å². The van der Waals surface area contributed by atoms with E-state index in [0.717, 1.165) is 11.1 Å². The van der Waals surface area contributed by atoms with Crippen LogP contribution in [0.25, 0.3) is 0 Å². The van der Waals surface area contributed by atoms with E-state index in [1.54, 1.807) is 18.3 Å². The molecule has 0 saturated heterocycles. The quantitative estimate of drug-likeness (QED) is 0.649. The van der Waals surface area contributed by atoms with Crippen LogP contribution in [-0.2, 0) is 7.05 Å². The van der Waals surface area contributed by atoms with E-state index >= 15 is 0 Å². The van der Waals surface area contributed by atoms with E-state index in [9.17, 15) is 4.79 Å². The van der Waals surface area contributed by atoms with Gasteiger partial charge in [0.2, 0.25) is 0 Å². The van der Waals surface area contributed by atoms with E-state index in [0.29, 0.717) is 5.56 Å². The van der Waals surface area contributed by atoms with Crippen LogP contribution in [-0.4, -0.2) is 16.7 Å². The minimum absolute atomic E-state index is 0.206. The van der Waals surface area contributed by atoms with Crippen LogP contribution in [0.3, 0.4) is 0 Å². The van der Waals surface area contributed by atoms with Crippen LogP contribution in [0.4, 0.5) is 0 Å². The minimum Gasteiger partial charge on any atom is -0.357 e. The second kappa shape index (κ2) is 5.31. The lowest BCUT2D eigenvalue weighted by molar-refractivity contribution is 0.0955. The number of rotatable bonds is 3. The van der Waals surface area contributed by atoms with Crippen molar-refractivity contribution in [2.75, 3.05) is 0 Å². The predicted molar refractivity (Wildman–Crippen MR) is 71.7 cm³/mol. The zero-order valence-electron chi connectivity index (χ0n) is 10.4. The van der Waals surface area contributed by atoms with Crippen LogP contribution in [0, 0.1) is 6.92 Å². The van der Waals surface area contributed by atoms with Gasteiger partial charge in [0, 0.05) is 30.6 Å². The molecule has 4 nitrogen and oxygen atoms in total. The van der Waals surface area contributed by atoms with Crippen molar-refractivity contribution in [1.29, 1.82) is 0 Å². The molecule has 1 N–H and O–H groups in total. The highest BCUT2D eigenvalue weighted by Gasteiger charge is 2.02. The van der Waals surface area contributed by atoms with Crippen molar-refractivity contribution in [3.8, 4) is 0 Å². The fourth-order valence-corrected chi connectivity index (χ4v) is 1.54. The van der Waals surface area contributed by atoms with Crippen molar-refractivity contribution in [2.24, 2.45) is 12.1 Å². The summed E-state index contributed by atoms with van der Waals surface area (Å²) >= 11 is 0. The number of carbonyl (C=O) groups excluding carboxylic acids is 1. The van der Waals surface area contributed by atoms with Crippen molar-refractivity contribution >= 4 is 12.1 Å². The third-order valence-corrected chi connectivity index (χ3v) is 2.55. The first kappa shape index (κ1) is 12.1. The molecule has 0 unspecified atom stereocenters. The van der Waals surface area contributed by atoms with Crippen LogP contribution < -0.4 is 5.43 Å². The number of aromatic nitrogens is 1. The summed E-state index contributed by atoms with van der Waals surface area (Å²) in [5, 5.41) is 3.92. The molecule has 1 aromatic carbocycles.